The number of nitrogens with zero attached hydrogens (tertiary/aromatic N) is 2. The van der Waals surface area contributed by atoms with Crippen molar-refractivity contribution in [1.29, 1.82) is 0 Å². The first-order valence-corrected chi connectivity index (χ1v) is 8.42. The predicted octanol–water partition coefficient (Wildman–Crippen LogP) is 4.40. The van der Waals surface area contributed by atoms with Crippen LogP contribution in [0.5, 0.6) is 5.75 Å². The fourth-order valence-corrected chi connectivity index (χ4v) is 2.31. The smallest absolute Gasteiger partial charge is 0.275 e. The molecule has 138 valence electrons. The maximum atomic E-state index is 13.2. The van der Waals surface area contributed by atoms with Crippen molar-refractivity contribution in [2.24, 2.45) is 0 Å². The lowest BCUT2D eigenvalue weighted by molar-refractivity contribution is 0.102. The zero-order chi connectivity index (χ0) is 19.2. The molecule has 1 amide bonds. The van der Waals surface area contributed by atoms with Crippen LogP contribution in [0, 0.1) is 5.82 Å². The second-order valence-corrected chi connectivity index (χ2v) is 6.07. The Morgan fingerprint density at radius 2 is 1.81 bits per heavy atom. The van der Waals surface area contributed by atoms with Gasteiger partial charge in [0.05, 0.1) is 18.5 Å². The van der Waals surface area contributed by atoms with Crippen molar-refractivity contribution in [2.45, 2.75) is 20.0 Å². The fraction of sp³-hybridized carbons (Fsp3) is 0.150. The summed E-state index contributed by atoms with van der Waals surface area (Å²) in [6.07, 6.45) is 2.85. The van der Waals surface area contributed by atoms with E-state index in [1.54, 1.807) is 36.4 Å². The molecule has 3 aromatic rings. The largest absolute Gasteiger partial charge is 0.491 e. The molecule has 0 saturated carbocycles. The normalized spacial score (nSPS) is 10.5. The second-order valence-electron chi connectivity index (χ2n) is 6.07. The van der Waals surface area contributed by atoms with Crippen LogP contribution in [0.3, 0.4) is 0 Å². The van der Waals surface area contributed by atoms with Crippen LogP contribution in [0.25, 0.3) is 0 Å². The van der Waals surface area contributed by atoms with E-state index in [0.29, 0.717) is 17.2 Å². The molecule has 2 N–H and O–H groups in total. The van der Waals surface area contributed by atoms with E-state index in [0.717, 1.165) is 5.75 Å². The highest BCUT2D eigenvalue weighted by atomic mass is 19.1. The predicted molar refractivity (Wildman–Crippen MR) is 102 cm³/mol. The number of anilines is 3. The first-order chi connectivity index (χ1) is 13.0. The Kier molecular flexibility index (Phi) is 5.61. The highest BCUT2D eigenvalue weighted by Crippen LogP contribution is 2.18. The van der Waals surface area contributed by atoms with Crippen molar-refractivity contribution < 1.29 is 13.9 Å². The van der Waals surface area contributed by atoms with Gasteiger partial charge in [0.2, 0.25) is 0 Å². The summed E-state index contributed by atoms with van der Waals surface area (Å²) in [7, 11) is 0. The van der Waals surface area contributed by atoms with Crippen molar-refractivity contribution >= 4 is 23.1 Å². The lowest BCUT2D eigenvalue weighted by atomic mass is 10.3. The average Bonchev–Trinajstić information content (AvgIpc) is 2.63. The second kappa shape index (κ2) is 8.27. The van der Waals surface area contributed by atoms with Gasteiger partial charge in [-0.2, -0.15) is 0 Å². The Hall–Kier alpha value is -3.48. The van der Waals surface area contributed by atoms with E-state index >= 15 is 0 Å². The van der Waals surface area contributed by atoms with E-state index in [9.17, 15) is 9.18 Å². The molecule has 6 nitrogen and oxygen atoms in total. The number of rotatable bonds is 6. The van der Waals surface area contributed by atoms with Gasteiger partial charge in [-0.1, -0.05) is 6.07 Å². The van der Waals surface area contributed by atoms with Gasteiger partial charge in [0.1, 0.15) is 23.1 Å². The molecule has 3 rings (SSSR count). The first kappa shape index (κ1) is 18.3. The maximum absolute atomic E-state index is 13.2. The number of halogens is 1. The first-order valence-electron chi connectivity index (χ1n) is 8.42. The summed E-state index contributed by atoms with van der Waals surface area (Å²) in [5, 5.41) is 5.67. The molecule has 0 aliphatic heterocycles. The van der Waals surface area contributed by atoms with Crippen molar-refractivity contribution in [3.05, 3.63) is 72.4 Å². The molecule has 0 saturated heterocycles. The molecule has 1 aromatic heterocycles. The van der Waals surface area contributed by atoms with Crippen LogP contribution in [-0.4, -0.2) is 22.0 Å². The molecule has 0 unspecified atom stereocenters. The highest BCUT2D eigenvalue weighted by Gasteiger charge is 2.09. The molecule has 7 heteroatoms. The summed E-state index contributed by atoms with van der Waals surface area (Å²) < 4.78 is 18.8. The van der Waals surface area contributed by atoms with Crippen molar-refractivity contribution in [2.75, 3.05) is 10.6 Å². The quantitative estimate of drug-likeness (QED) is 0.676. The van der Waals surface area contributed by atoms with Crippen LogP contribution in [0.15, 0.2) is 60.9 Å². The van der Waals surface area contributed by atoms with Crippen LogP contribution in [0.2, 0.25) is 0 Å². The van der Waals surface area contributed by atoms with E-state index in [1.807, 2.05) is 13.8 Å². The van der Waals surface area contributed by atoms with E-state index < -0.39 is 0 Å². The summed E-state index contributed by atoms with van der Waals surface area (Å²) in [5.41, 5.74) is 1.34. The van der Waals surface area contributed by atoms with Crippen molar-refractivity contribution in [3.63, 3.8) is 0 Å². The molecule has 27 heavy (non-hydrogen) atoms. The monoisotopic (exact) mass is 366 g/mol. The Bertz CT molecular complexity index is 912. The van der Waals surface area contributed by atoms with Gasteiger partial charge < -0.3 is 15.4 Å². The van der Waals surface area contributed by atoms with Crippen molar-refractivity contribution in [3.8, 4) is 5.75 Å². The highest BCUT2D eigenvalue weighted by molar-refractivity contribution is 6.02. The maximum Gasteiger partial charge on any atom is 0.275 e. The van der Waals surface area contributed by atoms with Crippen LogP contribution in [0.1, 0.15) is 24.3 Å². The number of amides is 1. The minimum Gasteiger partial charge on any atom is -0.491 e. The summed E-state index contributed by atoms with van der Waals surface area (Å²) in [6.45, 7) is 3.89. The third kappa shape index (κ3) is 5.24. The van der Waals surface area contributed by atoms with E-state index in [2.05, 4.69) is 20.6 Å². The van der Waals surface area contributed by atoms with Gasteiger partial charge in [0.15, 0.2) is 0 Å². The number of carbonyl (C=O) groups excluding carboxylic acids is 1. The molecule has 0 aliphatic carbocycles. The summed E-state index contributed by atoms with van der Waals surface area (Å²) in [4.78, 5) is 20.5. The SMILES string of the molecule is CC(C)Oc1ccc(NC(=O)c2cnc(Nc3cccc(F)c3)cn2)cc1. The van der Waals surface area contributed by atoms with E-state index in [1.165, 1.54) is 24.5 Å². The number of hydrogen-bond acceptors (Lipinski definition) is 5. The van der Waals surface area contributed by atoms with Crippen LogP contribution >= 0.6 is 0 Å². The van der Waals surface area contributed by atoms with Crippen LogP contribution in [0.4, 0.5) is 21.6 Å². The number of benzene rings is 2. The van der Waals surface area contributed by atoms with Gasteiger partial charge in [-0.3, -0.25) is 4.79 Å². The third-order valence-corrected chi connectivity index (χ3v) is 3.47. The lowest BCUT2D eigenvalue weighted by Crippen LogP contribution is -2.14. The number of ether oxygens (including phenoxy) is 1. The number of aromatic nitrogens is 2. The topological polar surface area (TPSA) is 76.1 Å². The van der Waals surface area contributed by atoms with Gasteiger partial charge in [-0.15, -0.1) is 0 Å². The fourth-order valence-electron chi connectivity index (χ4n) is 2.31. The van der Waals surface area contributed by atoms with E-state index in [4.69, 9.17) is 4.74 Å². The minimum absolute atomic E-state index is 0.0835. The van der Waals surface area contributed by atoms with Crippen LogP contribution < -0.4 is 15.4 Å². The lowest BCUT2D eigenvalue weighted by Gasteiger charge is -2.10. The number of hydrogen-bond donors (Lipinski definition) is 2. The Morgan fingerprint density at radius 3 is 2.44 bits per heavy atom. The van der Waals surface area contributed by atoms with E-state index in [-0.39, 0.29) is 23.5 Å². The van der Waals surface area contributed by atoms with Gasteiger partial charge in [0, 0.05) is 11.4 Å². The van der Waals surface area contributed by atoms with Gasteiger partial charge in [-0.25, -0.2) is 14.4 Å². The molecular formula is C20H19FN4O2. The molecule has 0 radical (unpaired) electrons. The van der Waals surface area contributed by atoms with Crippen LogP contribution in [-0.2, 0) is 0 Å². The third-order valence-electron chi connectivity index (χ3n) is 3.47. The van der Waals surface area contributed by atoms with Crippen molar-refractivity contribution in [1.82, 2.24) is 9.97 Å². The molecule has 0 spiro atoms. The molecule has 2 aromatic carbocycles. The van der Waals surface area contributed by atoms with Gasteiger partial charge in [-0.05, 0) is 56.3 Å². The van der Waals surface area contributed by atoms with Gasteiger partial charge in [0.25, 0.3) is 5.91 Å². The molecule has 0 aliphatic rings. The molecular weight excluding hydrogens is 347 g/mol. The number of nitrogens with one attached hydrogen (secondary N) is 2. The number of carbonyl (C=O) groups is 1. The summed E-state index contributed by atoms with van der Waals surface area (Å²) >= 11 is 0. The Morgan fingerprint density at radius 1 is 1.04 bits per heavy atom. The molecule has 1 heterocycles. The molecule has 0 atom stereocenters. The Labute approximate surface area is 156 Å². The standard InChI is InChI=1S/C20H19FN4O2/c1-13(2)27-17-8-6-15(7-9-17)25-20(26)18-11-23-19(12-22-18)24-16-5-3-4-14(21)10-16/h3-13H,1-2H3,(H,23,24)(H,25,26). The average molecular weight is 366 g/mol. The summed E-state index contributed by atoms with van der Waals surface area (Å²) in [6, 6.07) is 13.1. The molecule has 0 fully saturated rings. The van der Waals surface area contributed by atoms with Gasteiger partial charge >= 0.3 is 0 Å². The summed E-state index contributed by atoms with van der Waals surface area (Å²) in [5.74, 6) is 0.411. The zero-order valence-corrected chi connectivity index (χ0v) is 14.9. The zero-order valence-electron chi connectivity index (χ0n) is 14.9. The minimum atomic E-state index is -0.377. The molecule has 0 bridgehead atoms. The Balaban J connectivity index is 1.61.